The average molecular weight is 991 g/mol. The SMILES string of the molecule is C.CC(C)(C)[O-].COc1cc2sc(C=O)cc2s1.N#CCc1ccc2ccccc2n1.[C-]#[N+]/C(=C\c1cc2sc(/C=C(\C#N)c3ccc4ccccc4n3)cc2s1)c1ccc2ccccc2n1.[K+]. The molecule has 0 bridgehead atoms. The molecule has 332 valence electrons. The number of benzene rings is 3. The molecule has 0 radical (unpaired) electrons. The number of pyridine rings is 3. The Balaban J connectivity index is 0.000000220. The standard InChI is InChI=1S/C30H16N4S2.C11H8N2.C8H6O2S2.C4H9O.CH4.K/c1-32-28(27-13-11-20-7-3-5-9-25(20)34-27)15-23-17-30-29(36-23)16-22(35-30)14-21(18-31)26-12-10-19-6-2-4-8-24(19)33-26;12-8-7-10-6-5-9-3-1-2-4-11(9)13-10;1-10-8-3-7-6(12-8)2-5(4-9)11-7;1-4(2,3)5;;/h2-17H;1-6H,7H2;2-4H,1H3;1-3H3;1H4;/q;;;-1;;+1/b21-14+,28-15-;;;;;. The number of carbonyl (C=O) groups excluding carboxylic acids is 1. The van der Waals surface area contributed by atoms with E-state index in [-0.39, 0.29) is 58.8 Å². The number of fused-ring (bicyclic) bond motifs is 5. The van der Waals surface area contributed by atoms with Crippen LogP contribution in [0.2, 0.25) is 0 Å². The van der Waals surface area contributed by atoms with Crippen molar-refractivity contribution in [2.75, 3.05) is 7.11 Å². The van der Waals surface area contributed by atoms with Gasteiger partial charge in [0.25, 0.3) is 0 Å². The van der Waals surface area contributed by atoms with E-state index in [0.717, 1.165) is 83.2 Å². The van der Waals surface area contributed by atoms with Gasteiger partial charge in [0.15, 0.2) is 11.3 Å². The average Bonchev–Trinajstić information content (AvgIpc) is 4.10. The van der Waals surface area contributed by atoms with Crippen molar-refractivity contribution in [3.8, 4) is 17.2 Å². The van der Waals surface area contributed by atoms with Gasteiger partial charge in [0.1, 0.15) is 6.07 Å². The number of ether oxygens (including phenoxy) is 1. The topological polar surface area (TPSA) is 140 Å². The predicted molar refractivity (Wildman–Crippen MR) is 280 cm³/mol. The molecule has 0 aliphatic rings. The second-order valence-electron chi connectivity index (χ2n) is 15.3. The maximum Gasteiger partial charge on any atom is 1.00 e. The smallest absolute Gasteiger partial charge is 0.850 e. The second-order valence-corrected chi connectivity index (χ2v) is 19.7. The maximum absolute atomic E-state index is 10.4. The molecule has 0 saturated carbocycles. The van der Waals surface area contributed by atoms with E-state index < -0.39 is 5.60 Å². The molecule has 14 heteroatoms. The third kappa shape index (κ3) is 14.4. The van der Waals surface area contributed by atoms with E-state index >= 15 is 0 Å². The van der Waals surface area contributed by atoms with Crippen molar-refractivity contribution >= 4 is 127 Å². The summed E-state index contributed by atoms with van der Waals surface area (Å²) in [7, 11) is 1.65. The number of rotatable bonds is 7. The van der Waals surface area contributed by atoms with Crippen molar-refractivity contribution in [2.24, 2.45) is 0 Å². The van der Waals surface area contributed by atoms with Gasteiger partial charge in [-0.1, -0.05) is 112 Å². The van der Waals surface area contributed by atoms with Crippen molar-refractivity contribution in [3.05, 3.63) is 177 Å². The van der Waals surface area contributed by atoms with Gasteiger partial charge in [-0.2, -0.15) is 10.5 Å². The molecule has 0 aliphatic heterocycles. The summed E-state index contributed by atoms with van der Waals surface area (Å²) in [6, 6.07) is 47.8. The third-order valence-corrected chi connectivity index (χ3v) is 13.6. The molecule has 0 atom stereocenters. The first-order chi connectivity index (χ1) is 31.9. The first-order valence-corrected chi connectivity index (χ1v) is 23.6. The van der Waals surface area contributed by atoms with Gasteiger partial charge >= 0.3 is 51.4 Å². The Hall–Kier alpha value is -5.77. The van der Waals surface area contributed by atoms with Crippen molar-refractivity contribution in [3.63, 3.8) is 0 Å². The fourth-order valence-electron chi connectivity index (χ4n) is 6.32. The Kier molecular flexibility index (Phi) is 19.6. The minimum atomic E-state index is -0.750. The van der Waals surface area contributed by atoms with Gasteiger partial charge in [-0.15, -0.1) is 39.6 Å². The van der Waals surface area contributed by atoms with Crippen LogP contribution in [-0.2, 0) is 6.42 Å². The van der Waals surface area contributed by atoms with Crippen molar-refractivity contribution < 1.29 is 66.0 Å². The molecule has 0 amide bonds. The zero-order chi connectivity index (χ0) is 46.6. The predicted octanol–water partition coefficient (Wildman–Crippen LogP) is 11.4. The molecule has 0 unspecified atom stereocenters. The maximum atomic E-state index is 10.4. The molecule has 0 spiro atoms. The van der Waals surface area contributed by atoms with Crippen molar-refractivity contribution in [1.82, 2.24) is 15.0 Å². The van der Waals surface area contributed by atoms with Crippen LogP contribution in [-0.4, -0.2) is 33.9 Å². The number of hydrogen-bond acceptors (Lipinski definition) is 12. The van der Waals surface area contributed by atoms with Crippen LogP contribution in [0.5, 0.6) is 5.06 Å². The molecule has 0 saturated heterocycles. The Labute approximate surface area is 454 Å². The number of hydrogen-bond donors (Lipinski definition) is 0. The summed E-state index contributed by atoms with van der Waals surface area (Å²) in [5, 5.41) is 32.5. The van der Waals surface area contributed by atoms with Crippen LogP contribution in [0.4, 0.5) is 0 Å². The van der Waals surface area contributed by atoms with E-state index in [2.05, 4.69) is 44.1 Å². The number of methoxy groups -OCH3 is 1. The molecular weight excluding hydrogens is 948 g/mol. The van der Waals surface area contributed by atoms with E-state index in [0.29, 0.717) is 29.1 Å². The van der Waals surface area contributed by atoms with Gasteiger partial charge in [0.2, 0.25) is 5.70 Å². The summed E-state index contributed by atoms with van der Waals surface area (Å²) in [5.74, 6) is 0. The summed E-state index contributed by atoms with van der Waals surface area (Å²) >= 11 is 6.31. The molecule has 7 heterocycles. The van der Waals surface area contributed by atoms with Crippen molar-refractivity contribution in [1.29, 1.82) is 10.5 Å². The second kappa shape index (κ2) is 25.0. The van der Waals surface area contributed by atoms with E-state index in [1.54, 1.807) is 61.9 Å². The molecule has 68 heavy (non-hydrogen) atoms. The fourth-order valence-corrected chi connectivity index (χ4v) is 10.6. The molecule has 0 aliphatic carbocycles. The number of para-hydroxylation sites is 3. The van der Waals surface area contributed by atoms with Gasteiger partial charge in [-0.05, 0) is 66.7 Å². The van der Waals surface area contributed by atoms with Crippen LogP contribution in [0, 0.1) is 29.2 Å². The zero-order valence-corrected chi connectivity index (χ0v) is 43.6. The number of aldehydes is 1. The minimum absolute atomic E-state index is 0. The van der Waals surface area contributed by atoms with Crippen LogP contribution in [0.1, 0.15) is 64.7 Å². The normalized spacial score (nSPS) is 11.0. The largest absolute Gasteiger partial charge is 1.00 e. The molecule has 10 aromatic rings. The number of nitriles is 2. The Morgan fingerprint density at radius 3 is 1.65 bits per heavy atom. The number of aromatic nitrogens is 3. The molecule has 3 aromatic carbocycles. The van der Waals surface area contributed by atoms with E-state index in [9.17, 15) is 15.2 Å². The summed E-state index contributed by atoms with van der Waals surface area (Å²) in [6.07, 6.45) is 5.05. The molecule has 0 fully saturated rings. The summed E-state index contributed by atoms with van der Waals surface area (Å²) in [4.78, 5) is 30.6. The van der Waals surface area contributed by atoms with Gasteiger partial charge in [0.05, 0.1) is 70.3 Å². The first kappa shape index (κ1) is 53.2. The van der Waals surface area contributed by atoms with Crippen LogP contribution in [0.3, 0.4) is 0 Å². The molecule has 10 rings (SSSR count). The van der Waals surface area contributed by atoms with E-state index in [4.69, 9.17) is 16.6 Å². The van der Waals surface area contributed by atoms with E-state index in [1.807, 2.05) is 133 Å². The monoisotopic (exact) mass is 990 g/mol. The van der Waals surface area contributed by atoms with Crippen molar-refractivity contribution in [2.45, 2.75) is 40.2 Å². The summed E-state index contributed by atoms with van der Waals surface area (Å²) in [6.45, 7) is 12.6. The zero-order valence-electron chi connectivity index (χ0n) is 37.2. The van der Waals surface area contributed by atoms with Gasteiger partial charge in [-0.25, -0.2) is 9.83 Å². The molecule has 7 aromatic heterocycles. The number of thiophene rings is 4. The van der Waals surface area contributed by atoms with Crippen LogP contribution in [0.25, 0.3) is 79.8 Å². The molecule has 9 nitrogen and oxygen atoms in total. The van der Waals surface area contributed by atoms with Gasteiger partial charge in [-0.3, -0.25) is 14.8 Å². The van der Waals surface area contributed by atoms with Gasteiger partial charge in [0, 0.05) is 50.8 Å². The van der Waals surface area contributed by atoms with Crippen LogP contribution < -0.4 is 61.2 Å². The van der Waals surface area contributed by atoms with Crippen LogP contribution in [0.15, 0.2) is 133 Å². The number of nitrogens with zero attached hydrogens (tertiary/aromatic N) is 6. The van der Waals surface area contributed by atoms with Crippen LogP contribution >= 0.6 is 45.3 Å². The minimum Gasteiger partial charge on any atom is -0.850 e. The quantitative estimate of drug-likeness (QED) is 0.0665. The Morgan fingerprint density at radius 1 is 0.676 bits per heavy atom. The van der Waals surface area contributed by atoms with Gasteiger partial charge < -0.3 is 9.84 Å². The fraction of sp³-hybridized carbons (Fsp3) is 0.130. The Bertz CT molecular complexity index is 3330. The summed E-state index contributed by atoms with van der Waals surface area (Å²) < 4.78 is 9.56. The summed E-state index contributed by atoms with van der Waals surface area (Å²) in [5.41, 5.74) is 5.18. The van der Waals surface area contributed by atoms with E-state index in [1.165, 1.54) is 11.3 Å². The number of allylic oxidation sites excluding steroid dienone is 1. The first-order valence-electron chi connectivity index (χ1n) is 20.3. The Morgan fingerprint density at radius 2 is 1.13 bits per heavy atom. The third-order valence-electron chi connectivity index (χ3n) is 9.22. The number of carbonyl (C=O) groups is 1. The molecule has 0 N–H and O–H groups in total. The molecular formula is C54H43KN6O3S4.